The molecule has 0 atom stereocenters. The van der Waals surface area contributed by atoms with Crippen molar-refractivity contribution in [2.75, 3.05) is 23.5 Å². The van der Waals surface area contributed by atoms with Gasteiger partial charge in [0.15, 0.2) is 15.5 Å². The minimum Gasteiger partial charge on any atom is -0.493 e. The standard InChI is InChI=1S/C22H19FN6O4S/c1-34(31,32)14-4-2-13(3-5-14)21(30)27-18-11-25-22(29-12-26-28-20(18)29)24-10-16-15-8-9-33-19(15)7-6-17(16)23/h2-7,11-12H,8-10H2,1H3,(H,24,25)(H,27,30). The first-order valence-corrected chi connectivity index (χ1v) is 12.2. The molecule has 12 heteroatoms. The molecule has 0 unspecified atom stereocenters. The quantitative estimate of drug-likeness (QED) is 0.429. The van der Waals surface area contributed by atoms with Crippen LogP contribution in [0.5, 0.6) is 5.75 Å². The molecule has 34 heavy (non-hydrogen) atoms. The number of carbonyl (C=O) groups excluding carboxylic acids is 1. The molecule has 5 rings (SSSR count). The van der Waals surface area contributed by atoms with Gasteiger partial charge in [-0.1, -0.05) is 0 Å². The van der Waals surface area contributed by atoms with Gasteiger partial charge in [-0.3, -0.25) is 4.79 Å². The van der Waals surface area contributed by atoms with Crippen molar-refractivity contribution in [3.63, 3.8) is 0 Å². The molecular formula is C22H19FN6O4S. The Balaban J connectivity index is 1.36. The largest absolute Gasteiger partial charge is 0.493 e. The van der Waals surface area contributed by atoms with Gasteiger partial charge in [0.05, 0.1) is 17.7 Å². The van der Waals surface area contributed by atoms with Crippen molar-refractivity contribution in [3.05, 3.63) is 71.4 Å². The van der Waals surface area contributed by atoms with E-state index in [1.54, 1.807) is 10.5 Å². The predicted octanol–water partition coefficient (Wildman–Crippen LogP) is 2.47. The molecule has 3 heterocycles. The summed E-state index contributed by atoms with van der Waals surface area (Å²) in [5.41, 5.74) is 2.25. The first-order chi connectivity index (χ1) is 16.3. The summed E-state index contributed by atoms with van der Waals surface area (Å²) in [6.07, 6.45) is 4.58. The number of ether oxygens (including phenoxy) is 1. The van der Waals surface area contributed by atoms with Gasteiger partial charge in [0, 0.05) is 35.9 Å². The zero-order valence-corrected chi connectivity index (χ0v) is 18.8. The van der Waals surface area contributed by atoms with E-state index in [9.17, 15) is 17.6 Å². The number of nitrogens with zero attached hydrogens (tertiary/aromatic N) is 4. The van der Waals surface area contributed by atoms with Gasteiger partial charge in [-0.25, -0.2) is 22.2 Å². The van der Waals surface area contributed by atoms with E-state index in [-0.39, 0.29) is 22.8 Å². The van der Waals surface area contributed by atoms with Crippen LogP contribution in [0.1, 0.15) is 21.5 Å². The summed E-state index contributed by atoms with van der Waals surface area (Å²) >= 11 is 0. The van der Waals surface area contributed by atoms with Gasteiger partial charge in [-0.15, -0.1) is 10.2 Å². The number of fused-ring (bicyclic) bond motifs is 2. The molecule has 174 valence electrons. The van der Waals surface area contributed by atoms with Crippen LogP contribution in [0.3, 0.4) is 0 Å². The lowest BCUT2D eigenvalue weighted by atomic mass is 10.0. The number of nitrogens with one attached hydrogen (secondary N) is 2. The van der Waals surface area contributed by atoms with E-state index in [2.05, 4.69) is 25.8 Å². The molecule has 0 fully saturated rings. The van der Waals surface area contributed by atoms with Gasteiger partial charge in [-0.05, 0) is 36.4 Å². The second-order valence-corrected chi connectivity index (χ2v) is 9.74. The topological polar surface area (TPSA) is 128 Å². The summed E-state index contributed by atoms with van der Waals surface area (Å²) in [7, 11) is -3.36. The maximum Gasteiger partial charge on any atom is 0.255 e. The lowest BCUT2D eigenvalue weighted by Gasteiger charge is -2.13. The first kappa shape index (κ1) is 21.8. The predicted molar refractivity (Wildman–Crippen MR) is 121 cm³/mol. The minimum absolute atomic E-state index is 0.119. The summed E-state index contributed by atoms with van der Waals surface area (Å²) in [6.45, 7) is 0.697. The van der Waals surface area contributed by atoms with Crippen LogP contribution in [0.25, 0.3) is 5.65 Å². The monoisotopic (exact) mass is 482 g/mol. The van der Waals surface area contributed by atoms with Gasteiger partial charge >= 0.3 is 0 Å². The number of benzene rings is 2. The SMILES string of the molecule is CS(=O)(=O)c1ccc(C(=O)Nc2cnc(NCc3c(F)ccc4c3CCO4)n3cnnc23)cc1. The number of carbonyl (C=O) groups is 1. The fraction of sp³-hybridized carbons (Fsp3) is 0.182. The molecular weight excluding hydrogens is 463 g/mol. The number of sulfone groups is 1. The van der Waals surface area contributed by atoms with Gasteiger partial charge in [0.1, 0.15) is 23.6 Å². The normalized spacial score (nSPS) is 12.9. The Kier molecular flexibility index (Phi) is 5.36. The molecule has 1 amide bonds. The van der Waals surface area contributed by atoms with Gasteiger partial charge in [0.25, 0.3) is 5.91 Å². The number of hydrogen-bond acceptors (Lipinski definition) is 8. The lowest BCUT2D eigenvalue weighted by Crippen LogP contribution is -2.15. The summed E-state index contributed by atoms with van der Waals surface area (Å²) < 4.78 is 44.7. The van der Waals surface area contributed by atoms with Gasteiger partial charge < -0.3 is 15.4 Å². The molecule has 0 saturated heterocycles. The van der Waals surface area contributed by atoms with Crippen LogP contribution in [0.2, 0.25) is 0 Å². The van der Waals surface area contributed by atoms with Gasteiger partial charge in [0.2, 0.25) is 5.95 Å². The molecule has 2 N–H and O–H groups in total. The van der Waals surface area contributed by atoms with Crippen molar-refractivity contribution < 1.29 is 22.3 Å². The summed E-state index contributed by atoms with van der Waals surface area (Å²) in [5, 5.41) is 13.8. The molecule has 0 radical (unpaired) electrons. The summed E-state index contributed by atoms with van der Waals surface area (Å²) in [4.78, 5) is 17.1. The van der Waals surface area contributed by atoms with Crippen LogP contribution < -0.4 is 15.4 Å². The second kappa shape index (κ2) is 8.37. The number of anilines is 2. The Morgan fingerprint density at radius 2 is 2.00 bits per heavy atom. The lowest BCUT2D eigenvalue weighted by molar-refractivity contribution is 0.102. The zero-order chi connectivity index (χ0) is 23.9. The number of halogens is 1. The van der Waals surface area contributed by atoms with Crippen LogP contribution in [-0.4, -0.2) is 46.8 Å². The average molecular weight is 482 g/mol. The van der Waals surface area contributed by atoms with Crippen molar-refractivity contribution in [2.45, 2.75) is 17.9 Å². The minimum atomic E-state index is -3.36. The first-order valence-electron chi connectivity index (χ1n) is 10.3. The fourth-order valence-corrected chi connectivity index (χ4v) is 4.39. The van der Waals surface area contributed by atoms with E-state index in [4.69, 9.17) is 4.74 Å². The maximum absolute atomic E-state index is 14.4. The van der Waals surface area contributed by atoms with Crippen LogP contribution >= 0.6 is 0 Å². The molecule has 0 saturated carbocycles. The molecule has 1 aliphatic rings. The Labute approximate surface area is 193 Å². The number of hydrogen-bond donors (Lipinski definition) is 2. The van der Waals surface area contributed by atoms with Crippen molar-refractivity contribution >= 4 is 33.0 Å². The number of aromatic nitrogens is 4. The Morgan fingerprint density at radius 1 is 1.21 bits per heavy atom. The third-order valence-corrected chi connectivity index (χ3v) is 6.62. The second-order valence-electron chi connectivity index (χ2n) is 7.73. The number of rotatable bonds is 6. The van der Waals surface area contributed by atoms with Crippen LogP contribution in [0, 0.1) is 5.82 Å². The summed E-state index contributed by atoms with van der Waals surface area (Å²) in [6, 6.07) is 8.59. The van der Waals surface area contributed by atoms with E-state index in [1.807, 2.05) is 0 Å². The third-order valence-electron chi connectivity index (χ3n) is 5.49. The molecule has 4 aromatic rings. The molecule has 2 aromatic heterocycles. The molecule has 0 bridgehead atoms. The van der Waals surface area contributed by atoms with Crippen molar-refractivity contribution in [1.29, 1.82) is 0 Å². The highest BCUT2D eigenvalue weighted by Gasteiger charge is 2.20. The Hall–Kier alpha value is -4.06. The van der Waals surface area contributed by atoms with Gasteiger partial charge in [-0.2, -0.15) is 0 Å². The average Bonchev–Trinajstić information content (AvgIpc) is 3.49. The van der Waals surface area contributed by atoms with E-state index < -0.39 is 15.7 Å². The molecule has 1 aliphatic heterocycles. The molecule has 0 aliphatic carbocycles. The van der Waals surface area contributed by atoms with Crippen molar-refractivity contribution in [3.8, 4) is 5.75 Å². The summed E-state index contributed by atoms with van der Waals surface area (Å²) in [5.74, 6) is 0.256. The van der Waals surface area contributed by atoms with E-state index in [0.29, 0.717) is 41.6 Å². The highest BCUT2D eigenvalue weighted by molar-refractivity contribution is 7.90. The van der Waals surface area contributed by atoms with E-state index in [1.165, 1.54) is 42.9 Å². The molecule has 2 aromatic carbocycles. The Bertz CT molecular complexity index is 1520. The highest BCUT2D eigenvalue weighted by Crippen LogP contribution is 2.30. The van der Waals surface area contributed by atoms with Crippen LogP contribution in [0.4, 0.5) is 16.0 Å². The zero-order valence-electron chi connectivity index (χ0n) is 17.9. The smallest absolute Gasteiger partial charge is 0.255 e. The van der Waals surface area contributed by atoms with Crippen LogP contribution in [0.15, 0.2) is 53.8 Å². The van der Waals surface area contributed by atoms with E-state index >= 15 is 0 Å². The van der Waals surface area contributed by atoms with Crippen LogP contribution in [-0.2, 0) is 22.8 Å². The third kappa shape index (κ3) is 4.03. The highest BCUT2D eigenvalue weighted by atomic mass is 32.2. The van der Waals surface area contributed by atoms with Crippen molar-refractivity contribution in [2.24, 2.45) is 0 Å². The number of amides is 1. The Morgan fingerprint density at radius 3 is 2.76 bits per heavy atom. The maximum atomic E-state index is 14.4. The fourth-order valence-electron chi connectivity index (χ4n) is 3.76. The van der Waals surface area contributed by atoms with E-state index in [0.717, 1.165) is 11.8 Å². The molecule has 10 nitrogen and oxygen atoms in total. The molecule has 0 spiro atoms. The van der Waals surface area contributed by atoms with Crippen molar-refractivity contribution in [1.82, 2.24) is 19.6 Å².